The molecule has 0 bridgehead atoms. The van der Waals surface area contributed by atoms with Crippen molar-refractivity contribution in [2.75, 3.05) is 13.7 Å². The number of ether oxygens (including phenoxy) is 3. The van der Waals surface area contributed by atoms with Crippen LogP contribution in [0, 0.1) is 17.8 Å². The minimum Gasteiger partial charge on any atom is -0.497 e. The van der Waals surface area contributed by atoms with Crippen LogP contribution >= 0.6 is 0 Å². The quantitative estimate of drug-likeness (QED) is 0.190. The maximum absolute atomic E-state index is 15.0. The number of hydrogen-bond donors (Lipinski definition) is 4. The molecule has 3 fully saturated rings. The van der Waals surface area contributed by atoms with Gasteiger partial charge in [-0.05, 0) is 127 Å². The Morgan fingerprint density at radius 3 is 2.41 bits per heavy atom. The van der Waals surface area contributed by atoms with E-state index < -0.39 is 74.2 Å². The maximum atomic E-state index is 15.0. The number of rotatable bonds is 10. The Morgan fingerprint density at radius 1 is 1.00 bits per heavy atom. The third kappa shape index (κ3) is 10.7. The second-order valence-corrected chi connectivity index (χ2v) is 21.0. The number of fused-ring (bicyclic) bond motifs is 3. The zero-order chi connectivity index (χ0) is 45.4. The summed E-state index contributed by atoms with van der Waals surface area (Å²) in [6.07, 6.45) is 7.82. The number of benzene rings is 1. The molecule has 0 spiro atoms. The summed E-state index contributed by atoms with van der Waals surface area (Å²) >= 11 is 0. The van der Waals surface area contributed by atoms with Gasteiger partial charge in [0.2, 0.25) is 27.7 Å². The highest BCUT2D eigenvalue weighted by molar-refractivity contribution is 7.91. The fourth-order valence-corrected chi connectivity index (χ4v) is 9.96. The van der Waals surface area contributed by atoms with Gasteiger partial charge < -0.3 is 35.1 Å². The summed E-state index contributed by atoms with van der Waals surface area (Å²) < 4.78 is 46.3. The molecule has 2 aliphatic heterocycles. The van der Waals surface area contributed by atoms with Crippen LogP contribution in [-0.2, 0) is 24.4 Å². The lowest BCUT2D eigenvalue weighted by Crippen LogP contribution is -2.60. The number of urea groups is 1. The molecule has 16 nitrogen and oxygen atoms in total. The lowest BCUT2D eigenvalue weighted by Gasteiger charge is -2.33. The van der Waals surface area contributed by atoms with Crippen molar-refractivity contribution in [2.24, 2.45) is 17.8 Å². The van der Waals surface area contributed by atoms with Gasteiger partial charge in [-0.1, -0.05) is 26.0 Å². The molecule has 7 atom stereocenters. The highest BCUT2D eigenvalue weighted by Gasteiger charge is 2.62. The van der Waals surface area contributed by atoms with Crippen LogP contribution in [0.25, 0.3) is 22.2 Å². The highest BCUT2D eigenvalue weighted by atomic mass is 32.2. The number of methoxy groups -OCH3 is 1. The summed E-state index contributed by atoms with van der Waals surface area (Å²) in [5.74, 6) is -1.11. The van der Waals surface area contributed by atoms with E-state index in [1.807, 2.05) is 78.0 Å². The molecule has 4 heterocycles. The molecule has 2 aromatic heterocycles. The fourth-order valence-electron chi connectivity index (χ4n) is 8.60. The minimum absolute atomic E-state index is 0.00485. The first-order valence-corrected chi connectivity index (χ1v) is 23.5. The predicted octanol–water partition coefficient (Wildman–Crippen LogP) is 5.40. The van der Waals surface area contributed by atoms with Crippen molar-refractivity contribution in [3.8, 4) is 28.8 Å². The zero-order valence-electron chi connectivity index (χ0n) is 37.4. The van der Waals surface area contributed by atoms with Gasteiger partial charge in [-0.2, -0.15) is 0 Å². The molecule has 5 amide bonds. The molecule has 1 aromatic carbocycles. The molecule has 0 unspecified atom stereocenters. The second-order valence-electron chi connectivity index (χ2n) is 19.0. The fraction of sp³-hybridized carbons (Fsp3) is 0.565. The number of carbonyl (C=O) groups is 4. The number of amides is 5. The van der Waals surface area contributed by atoms with Gasteiger partial charge in [-0.3, -0.25) is 24.1 Å². The van der Waals surface area contributed by atoms with Crippen LogP contribution in [0.2, 0.25) is 0 Å². The van der Waals surface area contributed by atoms with E-state index in [1.54, 1.807) is 25.4 Å². The van der Waals surface area contributed by atoms with E-state index in [-0.39, 0.29) is 43.2 Å². The van der Waals surface area contributed by atoms with Crippen LogP contribution in [0.15, 0.2) is 54.7 Å². The number of carbonyl (C=O) groups excluding carboxylic acids is 4. The van der Waals surface area contributed by atoms with E-state index in [4.69, 9.17) is 19.2 Å². The van der Waals surface area contributed by atoms with Crippen molar-refractivity contribution in [3.63, 3.8) is 0 Å². The first-order valence-electron chi connectivity index (χ1n) is 22.0. The van der Waals surface area contributed by atoms with Gasteiger partial charge in [0.05, 0.1) is 42.6 Å². The summed E-state index contributed by atoms with van der Waals surface area (Å²) in [7, 11) is -2.35. The minimum atomic E-state index is -3.93. The molecule has 17 heteroatoms. The third-order valence-corrected chi connectivity index (χ3v) is 13.9. The van der Waals surface area contributed by atoms with Crippen LogP contribution in [0.1, 0.15) is 93.4 Å². The monoisotopic (exact) mass is 887 g/mol. The van der Waals surface area contributed by atoms with Crippen LogP contribution < -0.4 is 34.9 Å². The van der Waals surface area contributed by atoms with Crippen LogP contribution in [0.3, 0.4) is 0 Å². The Bertz CT molecular complexity index is 2360. The summed E-state index contributed by atoms with van der Waals surface area (Å²) in [6, 6.07) is 8.26. The molecule has 7 rings (SSSR count). The molecule has 63 heavy (non-hydrogen) atoms. The number of hydrogen-bond acceptors (Lipinski definition) is 11. The molecular weight excluding hydrogens is 827 g/mol. The van der Waals surface area contributed by atoms with Crippen molar-refractivity contribution in [2.45, 2.75) is 134 Å². The Kier molecular flexibility index (Phi) is 13.0. The standard InChI is InChI=1S/C46H61N7O9S/c1-26(2)61-32-14-18-36(47-24-32)37-21-29-20-31(60-8)13-17-35(29)41(48-37)62-33-22-38-40(54)50-46(43(56)52-63(58,59)34-15-16-34)23-30(46)12-10-9-11-27(3)19-28(4)39(42(55)53(38)25-33)49-44(57)51-45(5,6)7/h10,12-14,17-18,20-21,24,26-28,30,33-34,38-39H,9,11,15-16,19,22-23,25H2,1-8H3,(H,50,54)(H,52,56)(H2,49,51,57)/b12-10-/t27-,28+,30+,33+,38-,39-,46+/m0/s1. The summed E-state index contributed by atoms with van der Waals surface area (Å²) in [5.41, 5.74) is -1.08. The largest absolute Gasteiger partial charge is 0.497 e. The van der Waals surface area contributed by atoms with E-state index in [2.05, 4.69) is 32.6 Å². The topological polar surface area (TPSA) is 207 Å². The van der Waals surface area contributed by atoms with Crippen LogP contribution in [-0.4, -0.2) is 101 Å². The summed E-state index contributed by atoms with van der Waals surface area (Å²) in [5, 5.41) is 9.52. The lowest BCUT2D eigenvalue weighted by atomic mass is 9.88. The van der Waals surface area contributed by atoms with Crippen LogP contribution in [0.5, 0.6) is 17.4 Å². The Labute approximate surface area is 369 Å². The van der Waals surface area contributed by atoms with Crippen molar-refractivity contribution >= 4 is 44.5 Å². The third-order valence-electron chi connectivity index (χ3n) is 12.0. The maximum Gasteiger partial charge on any atom is 0.315 e. The molecule has 4 aliphatic rings. The lowest BCUT2D eigenvalue weighted by molar-refractivity contribution is -0.142. The molecule has 1 saturated heterocycles. The van der Waals surface area contributed by atoms with Crippen LogP contribution in [0.4, 0.5) is 4.79 Å². The number of nitrogens with zero attached hydrogens (tertiary/aromatic N) is 3. The summed E-state index contributed by atoms with van der Waals surface area (Å²) in [4.78, 5) is 68.2. The molecule has 0 radical (unpaired) electrons. The first-order chi connectivity index (χ1) is 29.7. The summed E-state index contributed by atoms with van der Waals surface area (Å²) in [6.45, 7) is 13.3. The van der Waals surface area contributed by atoms with Crippen molar-refractivity contribution in [1.82, 2.24) is 35.5 Å². The van der Waals surface area contributed by atoms with Gasteiger partial charge in [0.25, 0.3) is 5.91 Å². The van der Waals surface area contributed by atoms with E-state index in [0.717, 1.165) is 11.8 Å². The van der Waals surface area contributed by atoms with Gasteiger partial charge in [-0.15, -0.1) is 0 Å². The number of sulfonamides is 1. The molecule has 340 valence electrons. The number of pyridine rings is 2. The van der Waals surface area contributed by atoms with E-state index in [9.17, 15) is 22.8 Å². The predicted molar refractivity (Wildman–Crippen MR) is 237 cm³/mol. The smallest absolute Gasteiger partial charge is 0.315 e. The Balaban J connectivity index is 1.25. The van der Waals surface area contributed by atoms with E-state index >= 15 is 4.79 Å². The Morgan fingerprint density at radius 2 is 1.75 bits per heavy atom. The number of aromatic nitrogens is 2. The molecule has 4 N–H and O–H groups in total. The van der Waals surface area contributed by atoms with Crippen molar-refractivity contribution in [1.29, 1.82) is 0 Å². The highest BCUT2D eigenvalue weighted by Crippen LogP contribution is 2.46. The van der Waals surface area contributed by atoms with E-state index in [1.165, 1.54) is 4.90 Å². The number of allylic oxidation sites excluding steroid dienone is 1. The average molecular weight is 888 g/mol. The van der Waals surface area contributed by atoms with Gasteiger partial charge >= 0.3 is 6.03 Å². The zero-order valence-corrected chi connectivity index (χ0v) is 38.2. The van der Waals surface area contributed by atoms with Gasteiger partial charge in [-0.25, -0.2) is 18.2 Å². The van der Waals surface area contributed by atoms with Crippen molar-refractivity contribution in [3.05, 3.63) is 54.7 Å². The van der Waals surface area contributed by atoms with Crippen molar-refractivity contribution < 1.29 is 41.8 Å². The number of nitrogens with one attached hydrogen (secondary N) is 4. The molecule has 2 saturated carbocycles. The molecular formula is C46H61N7O9S. The first kappa shape index (κ1) is 45.6. The normalized spacial score (nSPS) is 27.2. The Hall–Kier alpha value is -5.45. The second kappa shape index (κ2) is 18.0. The van der Waals surface area contributed by atoms with Gasteiger partial charge in [0.15, 0.2) is 0 Å². The molecule has 2 aliphatic carbocycles. The van der Waals surface area contributed by atoms with Gasteiger partial charge in [0.1, 0.15) is 35.2 Å². The van der Waals surface area contributed by atoms with Gasteiger partial charge in [0, 0.05) is 23.3 Å². The molecule has 3 aromatic rings. The SMILES string of the molecule is COc1ccc2c(O[C@@H]3C[C@H]4C(=O)N[C@]5(C(=O)NS(=O)(=O)C6CC6)C[C@H]5/C=C\CC[C@H](C)C[C@@H](C)[C@H](NC(=O)NC(C)(C)C)C(=O)N4C3)nc(-c3ccc(OC(C)C)cn3)cc2c1. The average Bonchev–Trinajstić information content (AvgIpc) is 4.14. The van der Waals surface area contributed by atoms with E-state index in [0.29, 0.717) is 54.0 Å².